The average molecular weight is 913 g/mol. The molecule has 8 rings (SSSR count). The molecule has 0 radical (unpaired) electrons. The molecule has 350 valence electrons. The van der Waals surface area contributed by atoms with E-state index >= 15 is 0 Å². The minimum Gasteiger partial charge on any atom is -0.508 e. The van der Waals surface area contributed by atoms with Crippen LogP contribution in [0.2, 0.25) is 0 Å². The Bertz CT molecular complexity index is 2390. The van der Waals surface area contributed by atoms with Gasteiger partial charge < -0.3 is 94.1 Å². The fraction of sp³-hybridized carbons (Fsp3) is 0.409. The van der Waals surface area contributed by atoms with Crippen molar-refractivity contribution in [2.45, 2.75) is 93.4 Å². The Morgan fingerprint density at radius 3 is 1.62 bits per heavy atom. The predicted molar refractivity (Wildman–Crippen MR) is 217 cm³/mol. The Morgan fingerprint density at radius 2 is 1.08 bits per heavy atom. The molecule has 4 heterocycles. The number of benzene rings is 4. The van der Waals surface area contributed by atoms with Gasteiger partial charge in [-0.05, 0) is 42.3 Å². The van der Waals surface area contributed by atoms with Gasteiger partial charge >= 0.3 is 0 Å². The summed E-state index contributed by atoms with van der Waals surface area (Å²) in [6.07, 6.45) is -16.5. The van der Waals surface area contributed by atoms with E-state index in [0.29, 0.717) is 16.9 Å². The molecular weight excluding hydrogens is 864 g/mol. The van der Waals surface area contributed by atoms with Crippen molar-refractivity contribution in [3.8, 4) is 57.5 Å². The first-order valence-corrected chi connectivity index (χ1v) is 20.1. The number of phenolic OH excluding ortho intramolecular Hbond substituents is 5. The molecule has 65 heavy (non-hydrogen) atoms. The maximum absolute atomic E-state index is 12.9. The zero-order valence-corrected chi connectivity index (χ0v) is 34.8. The lowest BCUT2D eigenvalue weighted by molar-refractivity contribution is -0.318. The van der Waals surface area contributed by atoms with E-state index in [9.17, 15) is 65.8 Å². The van der Waals surface area contributed by atoms with Crippen LogP contribution in [0.1, 0.15) is 63.8 Å². The number of hydrogen-bond acceptors (Lipinski definition) is 21. The fourth-order valence-electron chi connectivity index (χ4n) is 7.72. The molecule has 4 aromatic rings. The number of carbonyl (C=O) groups is 2. The highest BCUT2D eigenvalue weighted by Gasteiger charge is 2.47. The molecule has 0 saturated carbocycles. The van der Waals surface area contributed by atoms with Gasteiger partial charge in [-0.15, -0.1) is 0 Å². The summed E-state index contributed by atoms with van der Waals surface area (Å²) in [6, 6.07) is 14.0. The van der Waals surface area contributed by atoms with Crippen LogP contribution in [0.5, 0.6) is 57.5 Å². The van der Waals surface area contributed by atoms with Gasteiger partial charge in [-0.3, -0.25) is 9.59 Å². The first-order chi connectivity index (χ1) is 30.9. The summed E-state index contributed by atoms with van der Waals surface area (Å²) >= 11 is 0. The lowest BCUT2D eigenvalue weighted by Gasteiger charge is -2.42. The Kier molecular flexibility index (Phi) is 13.8. The van der Waals surface area contributed by atoms with Crippen LogP contribution in [0.25, 0.3) is 0 Å². The van der Waals surface area contributed by atoms with E-state index in [-0.39, 0.29) is 75.7 Å². The third-order valence-electron chi connectivity index (χ3n) is 11.3. The van der Waals surface area contributed by atoms with Crippen molar-refractivity contribution in [1.82, 2.24) is 0 Å². The van der Waals surface area contributed by atoms with Gasteiger partial charge in [0.05, 0.1) is 39.8 Å². The number of methoxy groups -OCH3 is 2. The standard InChI is InChI=1S/C28H34O15.C16H14O6/c1-10-21(32)23(34)25(36)27(40-10)39-9-19-22(33)24(35)26(37)28(43-19)41-12-6-14(30)20-15(31)8-17(42-18(20)7-12)11-3-4-16(38-2)13(29)5-11;1-21-13-3-2-8(4-10(13)18)14-7-12(20)16-11(19)5-9(17)6-15(16)22-14/h3-7,10,17,19,21-30,32-37H,8-9H2,1-2H3;2-6,14,17-19H,7H2,1H3/t10-,17?,19?,21-,22+,23?,24-,25?,26?,27+,28+;/m0./s1. The van der Waals surface area contributed by atoms with Crippen LogP contribution in [0, 0.1) is 0 Å². The zero-order chi connectivity index (χ0) is 47.0. The average Bonchev–Trinajstić information content (AvgIpc) is 3.26. The molecule has 0 spiro atoms. The van der Waals surface area contributed by atoms with Crippen molar-refractivity contribution in [3.05, 3.63) is 82.9 Å². The molecule has 0 aromatic heterocycles. The SMILES string of the molecule is COc1ccc(C2CC(=O)c3c(O)cc(O)cc3O2)cc1O.COc1ccc(C2CC(=O)c3c(O)cc(O[C@@H]4OC(CO[C@@H]5O[C@@H](C)[C@H](O)C(O)C5O)[C@@H](O)[C@H](O)C4O)cc3O2)cc1O. The number of aliphatic hydroxyl groups is 6. The van der Waals surface area contributed by atoms with Crippen LogP contribution >= 0.6 is 0 Å². The first-order valence-electron chi connectivity index (χ1n) is 20.1. The topological polar surface area (TPSA) is 331 Å². The summed E-state index contributed by atoms with van der Waals surface area (Å²) in [6.45, 7) is 0.964. The van der Waals surface area contributed by atoms with Crippen molar-refractivity contribution in [2.75, 3.05) is 20.8 Å². The summed E-state index contributed by atoms with van der Waals surface area (Å²) in [5.74, 6) is -1.41. The molecule has 21 heteroatoms. The number of carbonyl (C=O) groups excluding carboxylic acids is 2. The number of Topliss-reactive ketones (excluding diaryl/α,β-unsaturated/α-hetero) is 2. The van der Waals surface area contributed by atoms with E-state index in [4.69, 9.17) is 37.9 Å². The number of fused-ring (bicyclic) bond motifs is 2. The third-order valence-corrected chi connectivity index (χ3v) is 11.3. The quantitative estimate of drug-likeness (QED) is 0.113. The number of aliphatic hydroxyl groups excluding tert-OH is 6. The lowest BCUT2D eigenvalue weighted by Crippen LogP contribution is -2.61. The Hall–Kier alpha value is -6.14. The van der Waals surface area contributed by atoms with Crippen LogP contribution in [0.4, 0.5) is 0 Å². The van der Waals surface area contributed by atoms with Gasteiger partial charge in [0.25, 0.3) is 0 Å². The molecule has 21 nitrogen and oxygen atoms in total. The second-order valence-corrected chi connectivity index (χ2v) is 15.6. The highest BCUT2D eigenvalue weighted by molar-refractivity contribution is 6.03. The van der Waals surface area contributed by atoms with Crippen molar-refractivity contribution < 1.29 is 104 Å². The lowest BCUT2D eigenvalue weighted by atomic mass is 9.95. The normalized spacial score (nSPS) is 29.5. The van der Waals surface area contributed by atoms with E-state index in [1.165, 1.54) is 51.5 Å². The number of phenols is 5. The molecule has 0 amide bonds. The molecule has 12 atom stereocenters. The van der Waals surface area contributed by atoms with Gasteiger partial charge in [0.2, 0.25) is 6.29 Å². The number of aromatic hydroxyl groups is 5. The largest absolute Gasteiger partial charge is 0.508 e. The summed E-state index contributed by atoms with van der Waals surface area (Å²) in [5.41, 5.74) is 1.03. The molecule has 2 saturated heterocycles. The van der Waals surface area contributed by atoms with Crippen molar-refractivity contribution in [3.63, 3.8) is 0 Å². The van der Waals surface area contributed by atoms with Crippen LogP contribution in [-0.4, -0.2) is 150 Å². The Morgan fingerprint density at radius 1 is 0.569 bits per heavy atom. The Labute approximate surface area is 369 Å². The molecule has 0 aliphatic carbocycles. The number of hydrogen-bond donors (Lipinski definition) is 11. The van der Waals surface area contributed by atoms with Crippen molar-refractivity contribution in [2.24, 2.45) is 0 Å². The molecule has 0 bridgehead atoms. The smallest absolute Gasteiger partial charge is 0.229 e. The van der Waals surface area contributed by atoms with Gasteiger partial charge in [-0.25, -0.2) is 0 Å². The molecule has 4 aromatic carbocycles. The Balaban J connectivity index is 0.000000239. The highest BCUT2D eigenvalue weighted by Crippen LogP contribution is 2.45. The molecule has 4 aliphatic rings. The molecule has 6 unspecified atom stereocenters. The third kappa shape index (κ3) is 9.64. The van der Waals surface area contributed by atoms with Crippen LogP contribution in [0.15, 0.2) is 60.7 Å². The summed E-state index contributed by atoms with van der Waals surface area (Å²) in [4.78, 5) is 25.1. The van der Waals surface area contributed by atoms with Gasteiger partial charge in [0.1, 0.15) is 101 Å². The summed E-state index contributed by atoms with van der Waals surface area (Å²) < 4.78 is 43.8. The minimum atomic E-state index is -1.77. The summed E-state index contributed by atoms with van der Waals surface area (Å²) in [5, 5.41) is 111. The predicted octanol–water partition coefficient (Wildman–Crippen LogP) is 1.36. The van der Waals surface area contributed by atoms with E-state index in [0.717, 1.165) is 12.1 Å². The van der Waals surface area contributed by atoms with E-state index < -0.39 is 91.8 Å². The van der Waals surface area contributed by atoms with Crippen molar-refractivity contribution >= 4 is 11.6 Å². The number of rotatable bonds is 9. The van der Waals surface area contributed by atoms with Crippen molar-refractivity contribution in [1.29, 1.82) is 0 Å². The van der Waals surface area contributed by atoms with Crippen LogP contribution in [0.3, 0.4) is 0 Å². The van der Waals surface area contributed by atoms with Gasteiger partial charge in [0.15, 0.2) is 40.9 Å². The fourth-order valence-corrected chi connectivity index (χ4v) is 7.72. The monoisotopic (exact) mass is 912 g/mol. The van der Waals surface area contributed by atoms with E-state index in [1.807, 2.05) is 0 Å². The maximum Gasteiger partial charge on any atom is 0.229 e. The number of ether oxygens (including phenoxy) is 8. The highest BCUT2D eigenvalue weighted by atomic mass is 16.7. The van der Waals surface area contributed by atoms with E-state index in [1.54, 1.807) is 18.2 Å². The molecule has 2 fully saturated rings. The molecular formula is C44H48O21. The van der Waals surface area contributed by atoms with Gasteiger partial charge in [-0.2, -0.15) is 0 Å². The van der Waals surface area contributed by atoms with Crippen LogP contribution < -0.4 is 23.7 Å². The van der Waals surface area contributed by atoms with Crippen LogP contribution in [-0.2, 0) is 14.2 Å². The number of ketones is 2. The minimum absolute atomic E-state index is 0.0249. The maximum atomic E-state index is 12.9. The molecule has 4 aliphatic heterocycles. The zero-order valence-electron chi connectivity index (χ0n) is 34.8. The van der Waals surface area contributed by atoms with E-state index in [2.05, 4.69) is 0 Å². The first kappa shape index (κ1) is 46.8. The second-order valence-electron chi connectivity index (χ2n) is 15.6. The second kappa shape index (κ2) is 19.1. The van der Waals surface area contributed by atoms with Gasteiger partial charge in [0, 0.05) is 24.3 Å². The molecule has 11 N–H and O–H groups in total. The summed E-state index contributed by atoms with van der Waals surface area (Å²) in [7, 11) is 2.84. The van der Waals surface area contributed by atoms with Gasteiger partial charge in [-0.1, -0.05) is 12.1 Å².